The normalized spacial score (nSPS) is 23.7. The molecule has 0 saturated carbocycles. The van der Waals surface area contributed by atoms with Crippen LogP contribution in [0.2, 0.25) is 0 Å². The van der Waals surface area contributed by atoms with Crippen LogP contribution in [0.3, 0.4) is 0 Å². The number of esters is 3. The van der Waals surface area contributed by atoms with Crippen LogP contribution < -0.4 is 5.32 Å². The van der Waals surface area contributed by atoms with Crippen LogP contribution in [-0.4, -0.2) is 38.7 Å². The highest BCUT2D eigenvalue weighted by Gasteiger charge is 2.69. The van der Waals surface area contributed by atoms with Crippen molar-refractivity contribution >= 4 is 17.9 Å². The van der Waals surface area contributed by atoms with Crippen LogP contribution in [0.5, 0.6) is 0 Å². The smallest absolute Gasteiger partial charge is 0.337 e. The zero-order valence-electron chi connectivity index (χ0n) is 17.6. The van der Waals surface area contributed by atoms with Crippen molar-refractivity contribution in [3.63, 3.8) is 0 Å². The van der Waals surface area contributed by atoms with Crippen LogP contribution in [0.4, 0.5) is 0 Å². The molecule has 0 aliphatic carbocycles. The fourth-order valence-electron chi connectivity index (χ4n) is 4.67. The minimum atomic E-state index is -1.62. The van der Waals surface area contributed by atoms with Crippen molar-refractivity contribution in [2.45, 2.75) is 43.7 Å². The zero-order valence-corrected chi connectivity index (χ0v) is 17.6. The molecule has 160 valence electrons. The summed E-state index contributed by atoms with van der Waals surface area (Å²) in [5.74, 6) is -2.09. The van der Waals surface area contributed by atoms with Gasteiger partial charge in [0.2, 0.25) is 0 Å². The molecule has 7 nitrogen and oxygen atoms in total. The molecule has 1 N–H and O–H groups in total. The molecule has 0 amide bonds. The van der Waals surface area contributed by atoms with Gasteiger partial charge in [-0.25, -0.2) is 14.4 Å². The summed E-state index contributed by atoms with van der Waals surface area (Å²) < 4.78 is 15.4. The van der Waals surface area contributed by atoms with E-state index in [9.17, 15) is 14.4 Å². The Morgan fingerprint density at radius 1 is 1.03 bits per heavy atom. The quantitative estimate of drug-likeness (QED) is 0.288. The molecule has 30 heavy (non-hydrogen) atoms. The number of ether oxygens (including phenoxy) is 3. The Labute approximate surface area is 176 Å². The Hall–Kier alpha value is -2.93. The average Bonchev–Trinajstić information content (AvgIpc) is 3.24. The Balaban J connectivity index is 2.30. The van der Waals surface area contributed by atoms with Crippen molar-refractivity contribution in [3.05, 3.63) is 59.2 Å². The molecule has 1 aromatic carbocycles. The molecule has 2 aliphatic rings. The van der Waals surface area contributed by atoms with E-state index in [4.69, 9.17) is 14.2 Å². The largest absolute Gasteiger partial charge is 0.466 e. The van der Waals surface area contributed by atoms with Crippen molar-refractivity contribution in [1.29, 1.82) is 0 Å². The predicted octanol–water partition coefficient (Wildman–Crippen LogP) is 2.65. The van der Waals surface area contributed by atoms with Crippen LogP contribution in [0, 0.1) is 0 Å². The first-order valence-corrected chi connectivity index (χ1v) is 10.0. The first kappa shape index (κ1) is 21.8. The van der Waals surface area contributed by atoms with E-state index >= 15 is 0 Å². The van der Waals surface area contributed by atoms with Gasteiger partial charge in [-0.3, -0.25) is 5.32 Å². The van der Waals surface area contributed by atoms with Gasteiger partial charge in [0, 0.05) is 0 Å². The summed E-state index contributed by atoms with van der Waals surface area (Å²) in [6, 6.07) is 7.29. The zero-order chi connectivity index (χ0) is 21.9. The summed E-state index contributed by atoms with van der Waals surface area (Å²) in [6.45, 7) is 5.56. The van der Waals surface area contributed by atoms with Crippen LogP contribution in [0.15, 0.2) is 48.1 Å². The van der Waals surface area contributed by atoms with Gasteiger partial charge in [-0.05, 0) is 37.3 Å². The molecule has 0 aromatic heterocycles. The van der Waals surface area contributed by atoms with Crippen molar-refractivity contribution < 1.29 is 28.6 Å². The summed E-state index contributed by atoms with van der Waals surface area (Å²) in [5.41, 5.74) is -1.26. The number of rotatable bonds is 9. The lowest BCUT2D eigenvalue weighted by atomic mass is 9.70. The molecular weight excluding hydrogens is 386 g/mol. The number of allylic oxidation sites excluding steroid dienone is 1. The van der Waals surface area contributed by atoms with Gasteiger partial charge in [0.25, 0.3) is 0 Å². The van der Waals surface area contributed by atoms with Crippen LogP contribution in [-0.2, 0) is 39.7 Å². The lowest BCUT2D eigenvalue weighted by Gasteiger charge is -2.31. The molecule has 0 spiro atoms. The van der Waals surface area contributed by atoms with E-state index in [1.807, 2.05) is 18.2 Å². The molecule has 0 radical (unpaired) electrons. The van der Waals surface area contributed by atoms with E-state index in [2.05, 4.69) is 11.9 Å². The maximum Gasteiger partial charge on any atom is 0.337 e. The Morgan fingerprint density at radius 2 is 1.67 bits per heavy atom. The van der Waals surface area contributed by atoms with E-state index in [1.165, 1.54) is 14.2 Å². The van der Waals surface area contributed by atoms with Gasteiger partial charge in [-0.2, -0.15) is 0 Å². The third-order valence-corrected chi connectivity index (χ3v) is 5.81. The minimum Gasteiger partial charge on any atom is -0.466 e. The van der Waals surface area contributed by atoms with Crippen LogP contribution >= 0.6 is 0 Å². The van der Waals surface area contributed by atoms with E-state index in [-0.39, 0.29) is 17.8 Å². The summed E-state index contributed by atoms with van der Waals surface area (Å²) in [4.78, 5) is 39.2. The Kier molecular flexibility index (Phi) is 6.12. The first-order valence-electron chi connectivity index (χ1n) is 10.0. The maximum atomic E-state index is 13.3. The van der Waals surface area contributed by atoms with Crippen LogP contribution in [0.1, 0.15) is 43.7 Å². The minimum absolute atomic E-state index is 0.0577. The number of benzene rings is 1. The number of hydrogen-bond acceptors (Lipinski definition) is 7. The molecule has 7 heteroatoms. The lowest BCUT2D eigenvalue weighted by molar-refractivity contribution is -0.152. The Bertz CT molecular complexity index is 920. The third kappa shape index (κ3) is 2.96. The molecule has 2 aliphatic heterocycles. The van der Waals surface area contributed by atoms with E-state index in [0.717, 1.165) is 24.8 Å². The van der Waals surface area contributed by atoms with Crippen molar-refractivity contribution in [1.82, 2.24) is 5.32 Å². The average molecular weight is 413 g/mol. The number of hydrogen-bond donors (Lipinski definition) is 1. The van der Waals surface area contributed by atoms with Gasteiger partial charge in [0.1, 0.15) is 0 Å². The van der Waals surface area contributed by atoms with E-state index in [1.54, 1.807) is 19.1 Å². The number of nitrogens with one attached hydrogen (secondary N) is 1. The summed E-state index contributed by atoms with van der Waals surface area (Å²) in [7, 11) is 2.47. The number of carbonyl (C=O) groups is 3. The summed E-state index contributed by atoms with van der Waals surface area (Å²) >= 11 is 0. The van der Waals surface area contributed by atoms with E-state index in [0.29, 0.717) is 12.0 Å². The number of carbonyl (C=O) groups excluding carboxylic acids is 3. The fraction of sp³-hybridized carbons (Fsp3) is 0.435. The predicted molar refractivity (Wildman–Crippen MR) is 109 cm³/mol. The summed E-state index contributed by atoms with van der Waals surface area (Å²) in [6.07, 6.45) is 4.73. The molecule has 3 rings (SSSR count). The molecule has 2 unspecified atom stereocenters. The Morgan fingerprint density at radius 3 is 2.27 bits per heavy atom. The third-order valence-electron chi connectivity index (χ3n) is 5.81. The highest BCUT2D eigenvalue weighted by atomic mass is 16.5. The van der Waals surface area contributed by atoms with Gasteiger partial charge < -0.3 is 14.2 Å². The van der Waals surface area contributed by atoms with E-state index < -0.39 is 29.0 Å². The highest BCUT2D eigenvalue weighted by Crippen LogP contribution is 2.59. The standard InChI is InChI=1S/C23H27NO6/c1-5-7-8-11-14-22-15-12-9-10-13-16(15)23(24-22,21(27)30-6-2)18(20(26)29-4)17(22)19(25)28-3/h5,9-10,12-13,24H,1,6-8,11,14H2,2-4H3. The number of methoxy groups -OCH3 is 2. The molecule has 0 saturated heterocycles. The highest BCUT2D eigenvalue weighted by molar-refractivity contribution is 6.12. The SMILES string of the molecule is C=CCCCCC12NC(C(=O)OCC)(C(C(=O)OC)=C1C(=O)OC)c1ccccc12. The molecule has 2 atom stereocenters. The summed E-state index contributed by atoms with van der Waals surface area (Å²) in [5, 5.41) is 3.34. The van der Waals surface area contributed by atoms with Crippen LogP contribution in [0.25, 0.3) is 0 Å². The molecule has 2 heterocycles. The van der Waals surface area contributed by atoms with Gasteiger partial charge >= 0.3 is 17.9 Å². The second kappa shape index (κ2) is 8.44. The molecule has 2 bridgehead atoms. The molecule has 1 aromatic rings. The van der Waals surface area contributed by atoms with Crippen molar-refractivity contribution in [3.8, 4) is 0 Å². The fourth-order valence-corrected chi connectivity index (χ4v) is 4.67. The first-order chi connectivity index (χ1) is 14.4. The monoisotopic (exact) mass is 413 g/mol. The van der Waals surface area contributed by atoms with Gasteiger partial charge in [0.05, 0.1) is 37.5 Å². The maximum absolute atomic E-state index is 13.3. The van der Waals surface area contributed by atoms with Crippen molar-refractivity contribution in [2.24, 2.45) is 0 Å². The lowest BCUT2D eigenvalue weighted by Crippen LogP contribution is -2.50. The van der Waals surface area contributed by atoms with Gasteiger partial charge in [0.15, 0.2) is 5.54 Å². The van der Waals surface area contributed by atoms with Crippen molar-refractivity contribution in [2.75, 3.05) is 20.8 Å². The second-order valence-corrected chi connectivity index (χ2v) is 7.31. The topological polar surface area (TPSA) is 90.9 Å². The second-order valence-electron chi connectivity index (χ2n) is 7.31. The van der Waals surface area contributed by atoms with Gasteiger partial charge in [-0.1, -0.05) is 36.8 Å². The molecule has 0 fully saturated rings. The molecular formula is C23H27NO6. The van der Waals surface area contributed by atoms with Gasteiger partial charge in [-0.15, -0.1) is 6.58 Å². The number of unbranched alkanes of at least 4 members (excludes halogenated alkanes) is 2. The number of fused-ring (bicyclic) bond motifs is 5.